The van der Waals surface area contributed by atoms with Crippen LogP contribution in [0.1, 0.15) is 95.5 Å². The number of unbranched alkanes of at least 4 members (excludes halogenated alkanes) is 13. The van der Waals surface area contributed by atoms with Crippen LogP contribution in [-0.2, 0) is 6.42 Å². The summed E-state index contributed by atoms with van der Waals surface area (Å²) in [5, 5.41) is 12.3. The lowest BCUT2D eigenvalue weighted by molar-refractivity contribution is 0.475. The molecule has 0 amide bonds. The van der Waals surface area contributed by atoms with Gasteiger partial charge in [0.2, 0.25) is 0 Å². The molecule has 0 aromatic heterocycles. The minimum Gasteiger partial charge on any atom is -0.508 e. The standard InChI is InChI=1S/C34H46BrOP/c35-37(33-22-16-13-17-23-33,34-24-18-14-19-25-34)30-20-12-10-8-6-4-2-1-3-5-7-9-11-15-21-31-26-28-32(36)29-27-31/h13-14,16-19,22-29H,1-12,15,20-21,30H2/p+1. The van der Waals surface area contributed by atoms with Crippen LogP contribution >= 0.6 is 21.5 Å². The van der Waals surface area contributed by atoms with Gasteiger partial charge in [-0.3, -0.25) is 0 Å². The van der Waals surface area contributed by atoms with Gasteiger partial charge < -0.3 is 5.11 Å². The van der Waals surface area contributed by atoms with Gasteiger partial charge in [0, 0.05) is 0 Å². The number of hydrogen-bond donors (Lipinski definition) is 1. The van der Waals surface area contributed by atoms with Crippen molar-refractivity contribution in [2.24, 2.45) is 0 Å². The zero-order valence-electron chi connectivity index (χ0n) is 22.7. The van der Waals surface area contributed by atoms with Gasteiger partial charge in [-0.05, 0) is 67.6 Å². The fourth-order valence-corrected chi connectivity index (χ4v) is 10.1. The summed E-state index contributed by atoms with van der Waals surface area (Å²) >= 11 is 4.26. The van der Waals surface area contributed by atoms with Crippen LogP contribution in [0.25, 0.3) is 0 Å². The number of aryl methyl sites for hydroxylation is 1. The summed E-state index contributed by atoms with van der Waals surface area (Å²) in [5.74, 6) is -1.11. The van der Waals surface area contributed by atoms with Gasteiger partial charge in [-0.25, -0.2) is 0 Å². The van der Waals surface area contributed by atoms with E-state index in [4.69, 9.17) is 0 Å². The normalized spacial score (nSPS) is 11.6. The van der Waals surface area contributed by atoms with E-state index >= 15 is 0 Å². The number of benzene rings is 3. The van der Waals surface area contributed by atoms with Crippen molar-refractivity contribution in [2.75, 3.05) is 6.16 Å². The molecular weight excluding hydrogens is 535 g/mol. The first kappa shape index (κ1) is 29.9. The Kier molecular flexibility index (Phi) is 14.4. The first-order valence-electron chi connectivity index (χ1n) is 14.7. The van der Waals surface area contributed by atoms with Crippen LogP contribution in [0.2, 0.25) is 0 Å². The largest absolute Gasteiger partial charge is 0.508 e. The molecule has 0 aliphatic heterocycles. The molecule has 37 heavy (non-hydrogen) atoms. The summed E-state index contributed by atoms with van der Waals surface area (Å²) < 4.78 is 0. The number of phenolic OH excluding ortho intramolecular Hbond substituents is 1. The summed E-state index contributed by atoms with van der Waals surface area (Å²) in [4.78, 5) is 0. The van der Waals surface area contributed by atoms with Gasteiger partial charge in [-0.1, -0.05) is 119 Å². The van der Waals surface area contributed by atoms with E-state index in [0.717, 1.165) is 6.42 Å². The molecule has 0 spiro atoms. The average Bonchev–Trinajstić information content (AvgIpc) is 2.94. The average molecular weight is 583 g/mol. The smallest absolute Gasteiger partial charge is 0.151 e. The van der Waals surface area contributed by atoms with E-state index in [1.807, 2.05) is 12.1 Å². The second kappa shape index (κ2) is 17.8. The highest BCUT2D eigenvalue weighted by Crippen LogP contribution is 2.64. The van der Waals surface area contributed by atoms with Gasteiger partial charge in [0.25, 0.3) is 0 Å². The van der Waals surface area contributed by atoms with Crippen LogP contribution in [0.3, 0.4) is 0 Å². The third-order valence-electron chi connectivity index (χ3n) is 7.45. The summed E-state index contributed by atoms with van der Waals surface area (Å²) in [5.41, 5.74) is 1.34. The molecule has 0 radical (unpaired) electrons. The maximum absolute atomic E-state index is 9.35. The van der Waals surface area contributed by atoms with Gasteiger partial charge in [0.05, 0.1) is 6.16 Å². The van der Waals surface area contributed by atoms with Crippen molar-refractivity contribution in [1.29, 1.82) is 0 Å². The highest BCUT2D eigenvalue weighted by Gasteiger charge is 2.39. The summed E-state index contributed by atoms with van der Waals surface area (Å²) in [6.07, 6.45) is 21.6. The number of rotatable bonds is 19. The molecule has 0 heterocycles. The minimum atomic E-state index is -1.47. The van der Waals surface area contributed by atoms with Crippen LogP contribution < -0.4 is 10.6 Å². The molecule has 0 bridgehead atoms. The molecule has 3 rings (SSSR count). The third kappa shape index (κ3) is 11.3. The van der Waals surface area contributed by atoms with E-state index in [0.29, 0.717) is 5.75 Å². The fraction of sp³-hybridized carbons (Fsp3) is 0.471. The Hall–Kier alpha value is -1.63. The lowest BCUT2D eigenvalue weighted by Gasteiger charge is -2.20. The summed E-state index contributed by atoms with van der Waals surface area (Å²) in [7, 11) is 0. The van der Waals surface area contributed by atoms with E-state index in [-0.39, 0.29) is 0 Å². The zero-order valence-corrected chi connectivity index (χ0v) is 25.1. The molecule has 3 aromatic rings. The molecule has 0 aliphatic carbocycles. The molecule has 0 unspecified atom stereocenters. The summed E-state index contributed by atoms with van der Waals surface area (Å²) in [6, 6.07) is 29.8. The van der Waals surface area contributed by atoms with Crippen molar-refractivity contribution >= 4 is 32.1 Å². The van der Waals surface area contributed by atoms with Gasteiger partial charge >= 0.3 is 0 Å². The van der Waals surface area contributed by atoms with Crippen molar-refractivity contribution in [3.8, 4) is 5.75 Å². The molecule has 0 saturated carbocycles. The maximum atomic E-state index is 9.35. The van der Waals surface area contributed by atoms with Crippen molar-refractivity contribution < 1.29 is 5.11 Å². The Morgan fingerprint density at radius 2 is 0.838 bits per heavy atom. The first-order chi connectivity index (χ1) is 18.2. The predicted octanol–water partition coefficient (Wildman–Crippen LogP) is 10.4. The Balaban J connectivity index is 1.15. The maximum Gasteiger partial charge on any atom is 0.151 e. The zero-order chi connectivity index (χ0) is 26.0. The van der Waals surface area contributed by atoms with Crippen molar-refractivity contribution in [3.63, 3.8) is 0 Å². The quantitative estimate of drug-likeness (QED) is 0.110. The van der Waals surface area contributed by atoms with Crippen molar-refractivity contribution in [3.05, 3.63) is 90.5 Å². The molecule has 0 atom stereocenters. The lowest BCUT2D eigenvalue weighted by atomic mass is 10.0. The highest BCUT2D eigenvalue weighted by atomic mass is 79.9. The van der Waals surface area contributed by atoms with E-state index in [2.05, 4.69) is 76.2 Å². The lowest BCUT2D eigenvalue weighted by Crippen LogP contribution is -2.20. The van der Waals surface area contributed by atoms with E-state index in [9.17, 15) is 5.11 Å². The molecule has 0 saturated heterocycles. The molecule has 1 N–H and O–H groups in total. The molecule has 3 heteroatoms. The van der Waals surface area contributed by atoms with Gasteiger partial charge in [-0.15, -0.1) is 0 Å². The molecule has 1 nitrogen and oxygen atoms in total. The fourth-order valence-electron chi connectivity index (χ4n) is 5.18. The molecule has 0 aliphatic rings. The number of hydrogen-bond acceptors (Lipinski definition) is 1. The van der Waals surface area contributed by atoms with E-state index < -0.39 is 5.96 Å². The molecule has 0 fully saturated rings. The molecular formula is C34H47BrOP+. The van der Waals surface area contributed by atoms with Crippen molar-refractivity contribution in [2.45, 2.75) is 96.3 Å². The molecule has 3 aromatic carbocycles. The first-order valence-corrected chi connectivity index (χ1v) is 18.6. The number of halogens is 1. The Bertz CT molecular complexity index is 919. The van der Waals surface area contributed by atoms with Gasteiger partial charge in [0.1, 0.15) is 22.3 Å². The predicted molar refractivity (Wildman–Crippen MR) is 169 cm³/mol. The van der Waals surface area contributed by atoms with Crippen LogP contribution in [0.4, 0.5) is 0 Å². The Labute approximate surface area is 235 Å². The van der Waals surface area contributed by atoms with Crippen LogP contribution in [0.15, 0.2) is 84.9 Å². The SMILES string of the molecule is Oc1ccc(CCCCCCCCCCCCCCCC[P+](Br)(c2ccccc2)c2ccccc2)cc1. The Morgan fingerprint density at radius 1 is 0.459 bits per heavy atom. The highest BCUT2D eigenvalue weighted by molar-refractivity contribution is 9.43. The van der Waals surface area contributed by atoms with Crippen LogP contribution in [-0.4, -0.2) is 11.3 Å². The van der Waals surface area contributed by atoms with Crippen LogP contribution in [0.5, 0.6) is 5.75 Å². The van der Waals surface area contributed by atoms with Gasteiger partial charge in [0.15, 0.2) is 15.5 Å². The monoisotopic (exact) mass is 581 g/mol. The van der Waals surface area contributed by atoms with E-state index in [1.165, 1.54) is 112 Å². The number of aromatic hydroxyl groups is 1. The third-order valence-corrected chi connectivity index (χ3v) is 14.1. The van der Waals surface area contributed by atoms with E-state index in [1.54, 1.807) is 12.1 Å². The van der Waals surface area contributed by atoms with Gasteiger partial charge in [-0.2, -0.15) is 0 Å². The Morgan fingerprint density at radius 3 is 1.27 bits per heavy atom. The number of phenols is 1. The molecule has 200 valence electrons. The minimum absolute atomic E-state index is 0.365. The second-order valence-electron chi connectivity index (χ2n) is 10.5. The topological polar surface area (TPSA) is 20.2 Å². The van der Waals surface area contributed by atoms with Crippen molar-refractivity contribution in [1.82, 2.24) is 0 Å². The van der Waals surface area contributed by atoms with Crippen LogP contribution in [0, 0.1) is 0 Å². The second-order valence-corrected chi connectivity index (χ2v) is 17.0. The summed E-state index contributed by atoms with van der Waals surface area (Å²) in [6.45, 7) is 0.